The van der Waals surface area contributed by atoms with Crippen molar-refractivity contribution in [2.45, 2.75) is 77.7 Å². The normalized spacial score (nSPS) is 18.1. The Morgan fingerprint density at radius 2 is 1.80 bits per heavy atom. The zero-order valence-corrected chi connectivity index (χ0v) is 25.4. The molecule has 1 fully saturated rings. The van der Waals surface area contributed by atoms with Gasteiger partial charge >= 0.3 is 0 Å². The van der Waals surface area contributed by atoms with Crippen LogP contribution in [0.1, 0.15) is 61.4 Å². The quantitative estimate of drug-likeness (QED) is 0.327. The highest BCUT2D eigenvalue weighted by atomic mass is 28.3. The second-order valence-electron chi connectivity index (χ2n) is 12.4. The summed E-state index contributed by atoms with van der Waals surface area (Å²) in [6, 6.07) is 11.7. The van der Waals surface area contributed by atoms with Crippen LogP contribution in [0.15, 0.2) is 49.1 Å². The summed E-state index contributed by atoms with van der Waals surface area (Å²) in [7, 11) is -3.09. The zero-order valence-electron chi connectivity index (χ0n) is 23.3. The number of likely N-dealkylation sites (tertiary alicyclic amines) is 1. The van der Waals surface area contributed by atoms with Crippen molar-refractivity contribution in [2.75, 3.05) is 19.7 Å². The average molecular weight is 504 g/mol. The highest BCUT2D eigenvalue weighted by Crippen LogP contribution is 2.44. The lowest BCUT2D eigenvalue weighted by atomic mass is 9.85. The molecule has 0 aromatic heterocycles. The van der Waals surface area contributed by atoms with Gasteiger partial charge in [0.2, 0.25) is 0 Å². The molecule has 1 aliphatic carbocycles. The molecule has 4 heteroatoms. The molecule has 1 saturated heterocycles. The van der Waals surface area contributed by atoms with Crippen LogP contribution in [0.25, 0.3) is 5.70 Å². The van der Waals surface area contributed by atoms with Gasteiger partial charge in [-0.1, -0.05) is 107 Å². The summed E-state index contributed by atoms with van der Waals surface area (Å²) in [5.74, 6) is 1.16. The highest BCUT2D eigenvalue weighted by molar-refractivity contribution is 6.92. The van der Waals surface area contributed by atoms with E-state index in [1.165, 1.54) is 59.1 Å². The number of hydrogen-bond acceptors (Lipinski definition) is 2. The van der Waals surface area contributed by atoms with E-state index in [2.05, 4.69) is 102 Å². The lowest BCUT2D eigenvalue weighted by molar-refractivity contribution is 0.354. The Labute approximate surface area is 216 Å². The molecule has 0 amide bonds. The van der Waals surface area contributed by atoms with Crippen LogP contribution in [0, 0.1) is 6.92 Å². The molecule has 1 atom stereocenters. The van der Waals surface area contributed by atoms with E-state index < -0.39 is 16.9 Å². The summed E-state index contributed by atoms with van der Waals surface area (Å²) in [6.45, 7) is 26.3. The summed E-state index contributed by atoms with van der Waals surface area (Å²) in [4.78, 5) is 2.62. The van der Waals surface area contributed by atoms with Crippen LogP contribution >= 0.6 is 0 Å². The maximum atomic E-state index is 6.66. The van der Waals surface area contributed by atoms with E-state index in [1.54, 1.807) is 5.19 Å². The van der Waals surface area contributed by atoms with Gasteiger partial charge in [0.15, 0.2) is 0 Å². The van der Waals surface area contributed by atoms with Crippen molar-refractivity contribution < 1.29 is 4.74 Å². The van der Waals surface area contributed by atoms with Gasteiger partial charge in [0.25, 0.3) is 0 Å². The number of nitrogens with zero attached hydrogens (tertiary/aromatic N) is 1. The van der Waals surface area contributed by atoms with Crippen molar-refractivity contribution >= 4 is 32.9 Å². The molecular formula is C31H45NOSi2. The predicted octanol–water partition coefficient (Wildman–Crippen LogP) is 6.24. The number of aryl methyl sites for hydroxylation is 1. The Morgan fingerprint density at radius 1 is 1.14 bits per heavy atom. The first kappa shape index (κ1) is 26.0. The largest absolute Gasteiger partial charge is 0.489 e. The average Bonchev–Trinajstić information content (AvgIpc) is 3.44. The Hall–Kier alpha value is -2.05. The number of allylic oxidation sites excluding steroid dienone is 1. The minimum absolute atomic E-state index is 0.0263. The van der Waals surface area contributed by atoms with Gasteiger partial charge in [0, 0.05) is 29.9 Å². The van der Waals surface area contributed by atoms with Gasteiger partial charge in [-0.2, -0.15) is 0 Å². The maximum absolute atomic E-state index is 6.66. The lowest BCUT2D eigenvalue weighted by Gasteiger charge is -2.37. The second kappa shape index (κ2) is 9.78. The minimum Gasteiger partial charge on any atom is -0.489 e. The van der Waals surface area contributed by atoms with Crippen LogP contribution in [-0.4, -0.2) is 41.5 Å². The molecule has 2 aromatic carbocycles. The Morgan fingerprint density at radius 3 is 2.40 bits per heavy atom. The number of ether oxygens (including phenoxy) is 1. The molecule has 2 aromatic rings. The van der Waals surface area contributed by atoms with Crippen LogP contribution in [0.2, 0.25) is 26.2 Å². The third kappa shape index (κ3) is 4.72. The first-order valence-corrected chi connectivity index (χ1v) is 19.4. The fraction of sp³-hybridized carbons (Fsp3) is 0.484. The first-order valence-electron chi connectivity index (χ1n) is 13.5. The molecule has 0 N–H and O–H groups in total. The maximum Gasteiger partial charge on any atom is 0.122 e. The topological polar surface area (TPSA) is 12.5 Å². The monoisotopic (exact) mass is 503 g/mol. The molecule has 2 nitrogen and oxygen atoms in total. The third-order valence-corrected chi connectivity index (χ3v) is 13.7. The van der Waals surface area contributed by atoms with Gasteiger partial charge in [0.05, 0.1) is 16.9 Å². The number of fused-ring (bicyclic) bond motifs is 1. The molecule has 0 saturated carbocycles. The van der Waals surface area contributed by atoms with E-state index in [4.69, 9.17) is 4.74 Å². The first-order chi connectivity index (χ1) is 16.5. The summed E-state index contributed by atoms with van der Waals surface area (Å²) in [5, 5.41) is 3.06. The van der Waals surface area contributed by atoms with Gasteiger partial charge in [-0.3, -0.25) is 0 Å². The number of benzene rings is 2. The van der Waals surface area contributed by atoms with Crippen molar-refractivity contribution in [3.05, 3.63) is 71.3 Å². The highest BCUT2D eigenvalue weighted by Gasteiger charge is 2.43. The summed E-state index contributed by atoms with van der Waals surface area (Å²) in [6.07, 6.45) is 7.13. The molecule has 0 bridgehead atoms. The molecule has 1 heterocycles. The van der Waals surface area contributed by atoms with Crippen LogP contribution < -0.4 is 15.1 Å². The van der Waals surface area contributed by atoms with Gasteiger partial charge in [0.1, 0.15) is 12.4 Å². The smallest absolute Gasteiger partial charge is 0.122 e. The summed E-state index contributed by atoms with van der Waals surface area (Å²) in [5.41, 5.74) is 7.81. The number of rotatable bonds is 7. The molecular weight excluding hydrogens is 459 g/mol. The van der Waals surface area contributed by atoms with Gasteiger partial charge in [-0.15, -0.1) is 0 Å². The van der Waals surface area contributed by atoms with Gasteiger partial charge < -0.3 is 9.64 Å². The van der Waals surface area contributed by atoms with Crippen LogP contribution in [0.3, 0.4) is 0 Å². The predicted molar refractivity (Wildman–Crippen MR) is 159 cm³/mol. The van der Waals surface area contributed by atoms with Crippen LogP contribution in [0.4, 0.5) is 0 Å². The molecule has 0 spiro atoms. The Kier molecular flexibility index (Phi) is 7.27. The third-order valence-electron chi connectivity index (χ3n) is 8.01. The molecule has 1 unspecified atom stereocenters. The Bertz CT molecular complexity index is 1130. The van der Waals surface area contributed by atoms with E-state index in [1.807, 2.05) is 6.08 Å². The lowest BCUT2D eigenvalue weighted by Crippen LogP contribution is -2.50. The van der Waals surface area contributed by atoms with Crippen molar-refractivity contribution in [1.29, 1.82) is 0 Å². The minimum atomic E-state index is -2.03. The molecule has 4 rings (SSSR count). The van der Waals surface area contributed by atoms with Crippen molar-refractivity contribution in [3.63, 3.8) is 0 Å². The SMILES string of the molecule is C=CCOc1c([Si](C)(C)C2C=C(N3CCCC3)c3ccccc32)cc(C)c([SiH](C)C)c1C(C)(C)C. The fourth-order valence-electron chi connectivity index (χ4n) is 6.41. The van der Waals surface area contributed by atoms with Crippen molar-refractivity contribution in [2.24, 2.45) is 0 Å². The van der Waals surface area contributed by atoms with Crippen molar-refractivity contribution in [1.82, 2.24) is 4.90 Å². The summed E-state index contributed by atoms with van der Waals surface area (Å²) >= 11 is 0. The van der Waals surface area contributed by atoms with E-state index >= 15 is 0 Å². The standard InChI is InChI=1S/C31H45NOSi2/c1-10-19-33-29-27(20-22(2)30(34(6)7)28(29)31(3,4)5)35(8,9)26-21-25(32-17-13-14-18-32)23-15-11-12-16-24(23)26/h10-12,15-16,20-21,26,34H,1,13-14,17-19H2,2-9H3. The van der Waals surface area contributed by atoms with Crippen LogP contribution in [0.5, 0.6) is 5.75 Å². The zero-order chi connectivity index (χ0) is 25.5. The van der Waals surface area contributed by atoms with E-state index in [0.717, 1.165) is 5.75 Å². The van der Waals surface area contributed by atoms with E-state index in [9.17, 15) is 0 Å². The van der Waals surface area contributed by atoms with Crippen molar-refractivity contribution in [3.8, 4) is 5.75 Å². The summed E-state index contributed by atoms with van der Waals surface area (Å²) < 4.78 is 6.66. The molecule has 1 aliphatic heterocycles. The van der Waals surface area contributed by atoms with E-state index in [-0.39, 0.29) is 5.41 Å². The molecule has 35 heavy (non-hydrogen) atoms. The van der Waals surface area contributed by atoms with E-state index in [0.29, 0.717) is 12.1 Å². The van der Waals surface area contributed by atoms with Gasteiger partial charge in [-0.25, -0.2) is 0 Å². The number of hydrogen-bond donors (Lipinski definition) is 0. The fourth-order valence-corrected chi connectivity index (χ4v) is 11.9. The Balaban J connectivity index is 1.95. The molecule has 0 radical (unpaired) electrons. The molecule has 2 aliphatic rings. The second-order valence-corrected chi connectivity index (χ2v) is 19.9. The van der Waals surface area contributed by atoms with Gasteiger partial charge in [-0.05, 0) is 41.5 Å². The molecule has 188 valence electrons. The van der Waals surface area contributed by atoms with Crippen LogP contribution in [-0.2, 0) is 5.41 Å².